The number of rotatable bonds is 3. The van der Waals surface area contributed by atoms with E-state index in [1.807, 2.05) is 0 Å². The summed E-state index contributed by atoms with van der Waals surface area (Å²) in [6, 6.07) is 4.24. The molecule has 0 unspecified atom stereocenters. The van der Waals surface area contributed by atoms with Crippen molar-refractivity contribution < 1.29 is 17.6 Å². The zero-order chi connectivity index (χ0) is 14.0. The van der Waals surface area contributed by atoms with Crippen LogP contribution >= 0.6 is 0 Å². The minimum atomic E-state index is -4.49. The smallest absolute Gasteiger partial charge is 0.330 e. The number of aromatic nitrogens is 2. The monoisotopic (exact) mass is 273 g/mol. The molecule has 0 aliphatic heterocycles. The fraction of sp³-hybridized carbons (Fsp3) is 0.250. The summed E-state index contributed by atoms with van der Waals surface area (Å²) in [7, 11) is 0. The van der Waals surface area contributed by atoms with Gasteiger partial charge in [-0.25, -0.2) is 9.07 Å². The van der Waals surface area contributed by atoms with Gasteiger partial charge in [-0.05, 0) is 30.7 Å². The summed E-state index contributed by atoms with van der Waals surface area (Å²) in [5, 5.41) is 3.52. The second kappa shape index (κ2) is 5.00. The third-order valence-electron chi connectivity index (χ3n) is 2.60. The Kier molecular flexibility index (Phi) is 3.57. The summed E-state index contributed by atoms with van der Waals surface area (Å²) in [6.45, 7) is 0.374. The van der Waals surface area contributed by atoms with Gasteiger partial charge in [0.15, 0.2) is 0 Å². The highest BCUT2D eigenvalue weighted by atomic mass is 19.4. The second-order valence-electron chi connectivity index (χ2n) is 4.00. The van der Waals surface area contributed by atoms with Gasteiger partial charge in [0.25, 0.3) is 0 Å². The molecule has 19 heavy (non-hydrogen) atoms. The van der Waals surface area contributed by atoms with Crippen LogP contribution in [0, 0.1) is 5.82 Å². The highest BCUT2D eigenvalue weighted by Crippen LogP contribution is 2.29. The second-order valence-corrected chi connectivity index (χ2v) is 4.00. The Labute approximate surface area is 106 Å². The molecule has 7 heteroatoms. The van der Waals surface area contributed by atoms with Gasteiger partial charge in [0.1, 0.15) is 11.5 Å². The molecule has 0 aliphatic carbocycles. The highest BCUT2D eigenvalue weighted by Gasteiger charge is 2.32. The van der Waals surface area contributed by atoms with E-state index in [9.17, 15) is 17.6 Å². The molecule has 0 bridgehead atoms. The molecule has 102 valence electrons. The van der Waals surface area contributed by atoms with E-state index >= 15 is 0 Å². The molecule has 0 saturated heterocycles. The molecular formula is C12H11F4N3. The van der Waals surface area contributed by atoms with E-state index in [0.29, 0.717) is 24.7 Å². The topological polar surface area (TPSA) is 43.8 Å². The maximum Gasteiger partial charge on any atom is 0.419 e. The van der Waals surface area contributed by atoms with Crippen molar-refractivity contribution in [2.75, 3.05) is 6.54 Å². The van der Waals surface area contributed by atoms with Crippen LogP contribution in [-0.4, -0.2) is 16.3 Å². The number of nitrogens with zero attached hydrogens (tertiary/aromatic N) is 2. The fourth-order valence-electron chi connectivity index (χ4n) is 1.66. The number of alkyl halides is 3. The molecule has 2 aromatic rings. The Morgan fingerprint density at radius 1 is 1.26 bits per heavy atom. The molecule has 2 rings (SSSR count). The van der Waals surface area contributed by atoms with Crippen molar-refractivity contribution in [3.63, 3.8) is 0 Å². The maximum absolute atomic E-state index is 13.8. The largest absolute Gasteiger partial charge is 0.419 e. The summed E-state index contributed by atoms with van der Waals surface area (Å²) < 4.78 is 51.9. The van der Waals surface area contributed by atoms with Crippen LogP contribution in [0.1, 0.15) is 11.1 Å². The van der Waals surface area contributed by atoms with Gasteiger partial charge < -0.3 is 5.73 Å². The molecule has 0 fully saturated rings. The molecule has 0 saturated carbocycles. The predicted octanol–water partition coefficient (Wildman–Crippen LogP) is 2.53. The van der Waals surface area contributed by atoms with Crippen molar-refractivity contribution in [1.82, 2.24) is 9.78 Å². The number of benzene rings is 1. The molecule has 0 amide bonds. The first-order valence-corrected chi connectivity index (χ1v) is 5.52. The van der Waals surface area contributed by atoms with Gasteiger partial charge in [0, 0.05) is 6.20 Å². The van der Waals surface area contributed by atoms with Crippen LogP contribution in [0.3, 0.4) is 0 Å². The van der Waals surface area contributed by atoms with Crippen LogP contribution in [0.15, 0.2) is 30.6 Å². The van der Waals surface area contributed by atoms with Crippen molar-refractivity contribution in [1.29, 1.82) is 0 Å². The number of hydrogen-bond acceptors (Lipinski definition) is 2. The Balaban J connectivity index is 2.34. The van der Waals surface area contributed by atoms with Crippen molar-refractivity contribution in [2.45, 2.75) is 12.6 Å². The van der Waals surface area contributed by atoms with E-state index in [0.717, 1.165) is 10.9 Å². The quantitative estimate of drug-likeness (QED) is 0.873. The van der Waals surface area contributed by atoms with E-state index in [1.165, 1.54) is 12.1 Å². The zero-order valence-corrected chi connectivity index (χ0v) is 9.78. The highest BCUT2D eigenvalue weighted by molar-refractivity contribution is 5.36. The summed E-state index contributed by atoms with van der Waals surface area (Å²) in [6.07, 6.45) is -2.58. The van der Waals surface area contributed by atoms with Crippen molar-refractivity contribution in [3.8, 4) is 5.69 Å². The van der Waals surface area contributed by atoms with Crippen molar-refractivity contribution in [2.24, 2.45) is 5.73 Å². The fourth-order valence-corrected chi connectivity index (χ4v) is 1.66. The summed E-state index contributed by atoms with van der Waals surface area (Å²) in [5.41, 5.74) is 5.08. The van der Waals surface area contributed by atoms with E-state index in [-0.39, 0.29) is 5.69 Å². The predicted molar refractivity (Wildman–Crippen MR) is 61.3 cm³/mol. The van der Waals surface area contributed by atoms with Crippen LogP contribution in [-0.2, 0) is 12.6 Å². The molecule has 1 aromatic heterocycles. The van der Waals surface area contributed by atoms with Gasteiger partial charge in [-0.2, -0.15) is 18.3 Å². The first kappa shape index (κ1) is 13.5. The molecular weight excluding hydrogens is 262 g/mol. The van der Waals surface area contributed by atoms with Crippen LogP contribution in [0.4, 0.5) is 17.6 Å². The third-order valence-corrected chi connectivity index (χ3v) is 2.60. The molecule has 0 spiro atoms. The standard InChI is InChI=1S/C12H11F4N3/c13-10-5-8(3-4-17)1-2-11(10)19-7-9(6-18-19)12(14,15)16/h1-2,5-7H,3-4,17H2. The van der Waals surface area contributed by atoms with Crippen LogP contribution < -0.4 is 5.73 Å². The third kappa shape index (κ3) is 2.93. The minimum absolute atomic E-state index is 0.0312. The minimum Gasteiger partial charge on any atom is -0.330 e. The first-order chi connectivity index (χ1) is 8.91. The lowest BCUT2D eigenvalue weighted by Gasteiger charge is -2.06. The first-order valence-electron chi connectivity index (χ1n) is 5.52. The van der Waals surface area contributed by atoms with Gasteiger partial charge in [0.05, 0.1) is 11.8 Å². The van der Waals surface area contributed by atoms with E-state index in [2.05, 4.69) is 5.10 Å². The average molecular weight is 273 g/mol. The Morgan fingerprint density at radius 3 is 2.53 bits per heavy atom. The Bertz CT molecular complexity index is 575. The molecule has 2 N–H and O–H groups in total. The lowest BCUT2D eigenvalue weighted by molar-refractivity contribution is -0.137. The Morgan fingerprint density at radius 2 is 2.00 bits per heavy atom. The molecule has 0 atom stereocenters. The van der Waals surface area contributed by atoms with Gasteiger partial charge in [-0.15, -0.1) is 0 Å². The summed E-state index contributed by atoms with van der Waals surface area (Å²) in [4.78, 5) is 0. The molecule has 1 aromatic carbocycles. The summed E-state index contributed by atoms with van der Waals surface area (Å²) >= 11 is 0. The number of nitrogens with two attached hydrogens (primary N) is 1. The van der Waals surface area contributed by atoms with Gasteiger partial charge >= 0.3 is 6.18 Å². The molecule has 0 radical (unpaired) electrons. The maximum atomic E-state index is 13.8. The van der Waals surface area contributed by atoms with Crippen LogP contribution in [0.2, 0.25) is 0 Å². The van der Waals surface area contributed by atoms with Gasteiger partial charge in [-0.1, -0.05) is 6.07 Å². The Hall–Kier alpha value is -1.89. The molecule has 3 nitrogen and oxygen atoms in total. The normalized spacial score (nSPS) is 11.8. The van der Waals surface area contributed by atoms with E-state index in [1.54, 1.807) is 6.07 Å². The van der Waals surface area contributed by atoms with E-state index < -0.39 is 17.6 Å². The lowest BCUT2D eigenvalue weighted by atomic mass is 10.1. The van der Waals surface area contributed by atoms with Crippen molar-refractivity contribution >= 4 is 0 Å². The van der Waals surface area contributed by atoms with Crippen LogP contribution in [0.25, 0.3) is 5.69 Å². The molecule has 1 heterocycles. The number of halogens is 4. The molecule has 0 aliphatic rings. The lowest BCUT2D eigenvalue weighted by Crippen LogP contribution is -2.05. The summed E-state index contributed by atoms with van der Waals surface area (Å²) in [5.74, 6) is -0.636. The average Bonchev–Trinajstić information content (AvgIpc) is 2.78. The van der Waals surface area contributed by atoms with E-state index in [4.69, 9.17) is 5.73 Å². The SMILES string of the molecule is NCCc1ccc(-n2cc(C(F)(F)F)cn2)c(F)c1. The van der Waals surface area contributed by atoms with Gasteiger partial charge in [0.2, 0.25) is 0 Å². The van der Waals surface area contributed by atoms with Crippen LogP contribution in [0.5, 0.6) is 0 Å². The zero-order valence-electron chi connectivity index (χ0n) is 9.78. The van der Waals surface area contributed by atoms with Crippen molar-refractivity contribution in [3.05, 3.63) is 47.5 Å². The number of hydrogen-bond donors (Lipinski definition) is 1. The van der Waals surface area contributed by atoms with Gasteiger partial charge in [-0.3, -0.25) is 0 Å².